The fourth-order valence-electron chi connectivity index (χ4n) is 3.13. The molecule has 0 aliphatic heterocycles. The van der Waals surface area contributed by atoms with Crippen molar-refractivity contribution in [2.24, 2.45) is 4.99 Å². The molecule has 0 radical (unpaired) electrons. The predicted molar refractivity (Wildman–Crippen MR) is 121 cm³/mol. The number of rotatable bonds is 8. The summed E-state index contributed by atoms with van der Waals surface area (Å²) in [5.74, 6) is 1.64. The molecule has 0 atom stereocenters. The third kappa shape index (κ3) is 5.57. The Morgan fingerprint density at radius 3 is 2.55 bits per heavy atom. The van der Waals surface area contributed by atoms with Crippen LogP contribution in [0.15, 0.2) is 84.8 Å². The van der Waals surface area contributed by atoms with Crippen molar-refractivity contribution in [3.8, 4) is 11.5 Å². The van der Waals surface area contributed by atoms with Gasteiger partial charge in [-0.3, -0.25) is 4.57 Å². The van der Waals surface area contributed by atoms with Gasteiger partial charge in [-0.2, -0.15) is 5.10 Å². The Bertz CT molecular complexity index is 1070. The fourth-order valence-corrected chi connectivity index (χ4v) is 3.13. The first kappa shape index (κ1) is 20.3. The minimum absolute atomic E-state index is 0.561. The monoisotopic (exact) mass is 414 g/mol. The van der Waals surface area contributed by atoms with E-state index in [0.29, 0.717) is 6.54 Å². The van der Waals surface area contributed by atoms with E-state index in [0.717, 1.165) is 42.5 Å². The van der Waals surface area contributed by atoms with Gasteiger partial charge in [-0.1, -0.05) is 18.2 Å². The van der Waals surface area contributed by atoms with Gasteiger partial charge in [-0.15, -0.1) is 0 Å². The minimum Gasteiger partial charge on any atom is -0.357 e. The molecule has 0 aliphatic rings. The first-order valence-electron chi connectivity index (χ1n) is 10.4. The maximum Gasteiger partial charge on any atom is 0.191 e. The summed E-state index contributed by atoms with van der Waals surface area (Å²) in [5.41, 5.74) is 3.37. The Balaban J connectivity index is 1.29. The van der Waals surface area contributed by atoms with E-state index in [1.54, 1.807) is 18.7 Å². The van der Waals surface area contributed by atoms with Crippen molar-refractivity contribution in [1.29, 1.82) is 0 Å². The molecule has 3 heterocycles. The molecular weight excluding hydrogens is 388 g/mol. The molecule has 0 aliphatic carbocycles. The highest BCUT2D eigenvalue weighted by molar-refractivity contribution is 5.79. The molecule has 3 aromatic heterocycles. The Hall–Kier alpha value is -3.94. The van der Waals surface area contributed by atoms with Crippen LogP contribution in [-0.4, -0.2) is 43.4 Å². The zero-order valence-electron chi connectivity index (χ0n) is 17.5. The van der Waals surface area contributed by atoms with Crippen LogP contribution in [0, 0.1) is 0 Å². The van der Waals surface area contributed by atoms with Crippen LogP contribution < -0.4 is 10.6 Å². The average molecular weight is 415 g/mol. The van der Waals surface area contributed by atoms with Crippen molar-refractivity contribution >= 4 is 5.96 Å². The highest BCUT2D eigenvalue weighted by Gasteiger charge is 2.02. The molecular formula is C23H26N8. The summed E-state index contributed by atoms with van der Waals surface area (Å²) in [5, 5.41) is 11.0. The minimum atomic E-state index is 0.561. The van der Waals surface area contributed by atoms with E-state index < -0.39 is 0 Å². The highest BCUT2D eigenvalue weighted by atomic mass is 15.3. The number of hydrogen-bond acceptors (Lipinski definition) is 4. The first-order chi connectivity index (χ1) is 15.3. The van der Waals surface area contributed by atoms with Gasteiger partial charge in [0.05, 0.1) is 12.2 Å². The Morgan fingerprint density at radius 2 is 1.87 bits per heavy atom. The maximum absolute atomic E-state index is 4.68. The second kappa shape index (κ2) is 10.2. The number of aromatic nitrogens is 5. The summed E-state index contributed by atoms with van der Waals surface area (Å²) in [4.78, 5) is 13.2. The highest BCUT2D eigenvalue weighted by Crippen LogP contribution is 2.09. The lowest BCUT2D eigenvalue weighted by atomic mass is 10.1. The third-order valence-electron chi connectivity index (χ3n) is 4.75. The standard InChI is InChI=1S/C23H26N8/c1-2-25-23(28-17-20-6-9-22(27-16-20)30-15-13-24-18-30)26-12-10-19-4-7-21(8-5-19)31-14-3-11-29-31/h3-9,11,13-16,18H,2,10,12,17H2,1H3,(H2,25,26,28). The zero-order valence-corrected chi connectivity index (χ0v) is 17.5. The van der Waals surface area contributed by atoms with Crippen molar-refractivity contribution in [2.75, 3.05) is 13.1 Å². The van der Waals surface area contributed by atoms with Crippen molar-refractivity contribution in [2.45, 2.75) is 19.9 Å². The van der Waals surface area contributed by atoms with Gasteiger partial charge in [0.1, 0.15) is 12.1 Å². The number of nitrogens with one attached hydrogen (secondary N) is 2. The van der Waals surface area contributed by atoms with Crippen LogP contribution in [0.1, 0.15) is 18.1 Å². The second-order valence-corrected chi connectivity index (χ2v) is 6.98. The average Bonchev–Trinajstić information content (AvgIpc) is 3.53. The van der Waals surface area contributed by atoms with Crippen molar-refractivity contribution < 1.29 is 0 Å². The number of guanidine groups is 1. The molecule has 0 saturated heterocycles. The quantitative estimate of drug-likeness (QED) is 0.342. The lowest BCUT2D eigenvalue weighted by molar-refractivity contribution is 0.798. The van der Waals surface area contributed by atoms with Crippen LogP contribution in [0.4, 0.5) is 0 Å². The molecule has 4 rings (SSSR count). The molecule has 8 heteroatoms. The molecule has 0 unspecified atom stereocenters. The summed E-state index contributed by atoms with van der Waals surface area (Å²) >= 11 is 0. The van der Waals surface area contributed by atoms with E-state index in [9.17, 15) is 0 Å². The van der Waals surface area contributed by atoms with E-state index in [4.69, 9.17) is 0 Å². The van der Waals surface area contributed by atoms with E-state index in [1.807, 2.05) is 46.0 Å². The molecule has 0 amide bonds. The fraction of sp³-hybridized carbons (Fsp3) is 0.217. The zero-order chi connectivity index (χ0) is 21.3. The molecule has 0 bridgehead atoms. The van der Waals surface area contributed by atoms with Crippen LogP contribution in [-0.2, 0) is 13.0 Å². The number of imidazole rings is 1. The van der Waals surface area contributed by atoms with Gasteiger partial charge in [0.15, 0.2) is 5.96 Å². The topological polar surface area (TPSA) is 85.0 Å². The molecule has 1 aromatic carbocycles. The lowest BCUT2D eigenvalue weighted by Crippen LogP contribution is -2.38. The third-order valence-corrected chi connectivity index (χ3v) is 4.75. The smallest absolute Gasteiger partial charge is 0.191 e. The van der Waals surface area contributed by atoms with E-state index in [2.05, 4.69) is 61.9 Å². The predicted octanol–water partition coefficient (Wildman–Crippen LogP) is 2.75. The summed E-state index contributed by atoms with van der Waals surface area (Å²) in [6.45, 7) is 4.23. The number of benzene rings is 1. The van der Waals surface area contributed by atoms with E-state index in [-0.39, 0.29) is 0 Å². The Labute approximate surface area is 181 Å². The molecule has 2 N–H and O–H groups in total. The molecule has 0 saturated carbocycles. The summed E-state index contributed by atoms with van der Waals surface area (Å²) < 4.78 is 3.73. The van der Waals surface area contributed by atoms with Gasteiger partial charge in [-0.05, 0) is 48.7 Å². The number of nitrogens with zero attached hydrogens (tertiary/aromatic N) is 6. The molecule has 0 fully saturated rings. The van der Waals surface area contributed by atoms with E-state index in [1.165, 1.54) is 5.56 Å². The summed E-state index contributed by atoms with van der Waals surface area (Å²) in [7, 11) is 0. The maximum atomic E-state index is 4.68. The molecule has 8 nitrogen and oxygen atoms in total. The first-order valence-corrected chi connectivity index (χ1v) is 10.4. The van der Waals surface area contributed by atoms with Gasteiger partial charge in [0, 0.05) is 44.1 Å². The molecule has 4 aromatic rings. The summed E-state index contributed by atoms with van der Waals surface area (Å²) in [6, 6.07) is 14.4. The number of aliphatic imine (C=N–C) groups is 1. The van der Waals surface area contributed by atoms with Crippen molar-refractivity contribution in [1.82, 2.24) is 34.9 Å². The normalized spacial score (nSPS) is 11.5. The molecule has 0 spiro atoms. The van der Waals surface area contributed by atoms with Gasteiger partial charge in [0.2, 0.25) is 0 Å². The number of hydrogen-bond donors (Lipinski definition) is 2. The number of pyridine rings is 1. The van der Waals surface area contributed by atoms with Crippen LogP contribution in [0.2, 0.25) is 0 Å². The largest absolute Gasteiger partial charge is 0.357 e. The Kier molecular flexibility index (Phi) is 6.69. The molecule has 158 valence electrons. The van der Waals surface area contributed by atoms with E-state index >= 15 is 0 Å². The van der Waals surface area contributed by atoms with Gasteiger partial charge >= 0.3 is 0 Å². The summed E-state index contributed by atoms with van der Waals surface area (Å²) in [6.07, 6.45) is 11.8. The SMILES string of the molecule is CCNC(=NCc1ccc(-n2ccnc2)nc1)NCCc1ccc(-n2cccn2)cc1. The van der Waals surface area contributed by atoms with Gasteiger partial charge in [-0.25, -0.2) is 19.6 Å². The van der Waals surface area contributed by atoms with Gasteiger partial charge in [0.25, 0.3) is 0 Å². The van der Waals surface area contributed by atoms with Crippen molar-refractivity contribution in [3.63, 3.8) is 0 Å². The van der Waals surface area contributed by atoms with Crippen LogP contribution >= 0.6 is 0 Å². The second-order valence-electron chi connectivity index (χ2n) is 6.98. The van der Waals surface area contributed by atoms with Crippen LogP contribution in [0.5, 0.6) is 0 Å². The van der Waals surface area contributed by atoms with Crippen LogP contribution in [0.25, 0.3) is 11.5 Å². The Morgan fingerprint density at radius 1 is 1.00 bits per heavy atom. The van der Waals surface area contributed by atoms with Crippen LogP contribution in [0.3, 0.4) is 0 Å². The van der Waals surface area contributed by atoms with Gasteiger partial charge < -0.3 is 10.6 Å². The van der Waals surface area contributed by atoms with Crippen molar-refractivity contribution in [3.05, 3.63) is 90.9 Å². The lowest BCUT2D eigenvalue weighted by Gasteiger charge is -2.12. The molecule has 31 heavy (non-hydrogen) atoms.